The van der Waals surface area contributed by atoms with Gasteiger partial charge in [0.15, 0.2) is 0 Å². The molecule has 0 spiro atoms. The summed E-state index contributed by atoms with van der Waals surface area (Å²) >= 11 is 0. The highest BCUT2D eigenvalue weighted by molar-refractivity contribution is 7.61. The topological polar surface area (TPSA) is 46.5 Å². The molecule has 0 aliphatic heterocycles. The predicted molar refractivity (Wildman–Crippen MR) is 77.7 cm³/mol. The maximum Gasteiger partial charge on any atom is 0.359 e. The third-order valence-electron chi connectivity index (χ3n) is 2.88. The zero-order chi connectivity index (χ0) is 13.9. The molecule has 0 bridgehead atoms. The van der Waals surface area contributed by atoms with Crippen molar-refractivity contribution in [2.45, 2.75) is 13.8 Å². The largest absolute Gasteiger partial charge is 0.359 e. The summed E-state index contributed by atoms with van der Waals surface area (Å²) in [5, 5.41) is 0.348. The molecule has 0 aliphatic rings. The van der Waals surface area contributed by atoms with Gasteiger partial charge in [0.05, 0.1) is 11.9 Å². The van der Waals surface area contributed by atoms with Crippen molar-refractivity contribution in [2.75, 3.05) is 6.61 Å². The van der Waals surface area contributed by atoms with Crippen molar-refractivity contribution in [3.05, 3.63) is 54.1 Å². The smallest absolute Gasteiger partial charge is 0.321 e. The van der Waals surface area contributed by atoms with Crippen LogP contribution in [-0.4, -0.2) is 11.5 Å². The SMILES string of the molecule is CCOP(=O)(O)c1ccccc1-c1ccc(C)cc1. The lowest BCUT2D eigenvalue weighted by Gasteiger charge is -2.15. The van der Waals surface area contributed by atoms with Crippen molar-refractivity contribution < 1.29 is 14.0 Å². The predicted octanol–water partition coefficient (Wildman–Crippen LogP) is 3.51. The Morgan fingerprint density at radius 2 is 1.74 bits per heavy atom. The van der Waals surface area contributed by atoms with Gasteiger partial charge in [-0.2, -0.15) is 0 Å². The molecule has 0 amide bonds. The molecule has 19 heavy (non-hydrogen) atoms. The number of hydrogen-bond donors (Lipinski definition) is 1. The summed E-state index contributed by atoms with van der Waals surface area (Å²) in [5.41, 5.74) is 2.80. The summed E-state index contributed by atoms with van der Waals surface area (Å²) < 4.78 is 17.2. The van der Waals surface area contributed by atoms with Crippen LogP contribution in [0.1, 0.15) is 12.5 Å². The molecule has 4 heteroatoms. The molecule has 0 saturated carbocycles. The minimum atomic E-state index is -3.76. The first-order valence-electron chi connectivity index (χ1n) is 6.18. The van der Waals surface area contributed by atoms with Crippen molar-refractivity contribution in [3.8, 4) is 11.1 Å². The Kier molecular flexibility index (Phi) is 4.20. The fourth-order valence-electron chi connectivity index (χ4n) is 1.94. The van der Waals surface area contributed by atoms with Crippen molar-refractivity contribution in [1.29, 1.82) is 0 Å². The second-order valence-electron chi connectivity index (χ2n) is 4.32. The van der Waals surface area contributed by atoms with Crippen LogP contribution < -0.4 is 5.30 Å². The number of benzene rings is 2. The number of rotatable bonds is 4. The highest BCUT2D eigenvalue weighted by atomic mass is 31.2. The summed E-state index contributed by atoms with van der Waals surface area (Å²) in [6.45, 7) is 3.92. The van der Waals surface area contributed by atoms with Gasteiger partial charge >= 0.3 is 7.60 Å². The highest BCUT2D eigenvalue weighted by Gasteiger charge is 2.25. The van der Waals surface area contributed by atoms with Gasteiger partial charge in [0.1, 0.15) is 0 Å². The van der Waals surface area contributed by atoms with E-state index in [0.29, 0.717) is 5.30 Å². The first kappa shape index (κ1) is 14.0. The van der Waals surface area contributed by atoms with Crippen LogP contribution in [0.5, 0.6) is 0 Å². The zero-order valence-electron chi connectivity index (χ0n) is 11.0. The third-order valence-corrected chi connectivity index (χ3v) is 4.48. The molecule has 0 saturated heterocycles. The van der Waals surface area contributed by atoms with E-state index in [2.05, 4.69) is 0 Å². The summed E-state index contributed by atoms with van der Waals surface area (Å²) in [6, 6.07) is 14.9. The van der Waals surface area contributed by atoms with Crippen LogP contribution in [0.25, 0.3) is 11.1 Å². The van der Waals surface area contributed by atoms with Gasteiger partial charge in [-0.05, 0) is 31.0 Å². The van der Waals surface area contributed by atoms with Gasteiger partial charge in [-0.25, -0.2) is 0 Å². The van der Waals surface area contributed by atoms with Gasteiger partial charge < -0.3 is 9.42 Å². The summed E-state index contributed by atoms with van der Waals surface area (Å²) in [5.74, 6) is 0. The van der Waals surface area contributed by atoms with E-state index in [9.17, 15) is 9.46 Å². The minimum absolute atomic E-state index is 0.204. The molecule has 1 atom stereocenters. The monoisotopic (exact) mass is 276 g/mol. The van der Waals surface area contributed by atoms with Crippen molar-refractivity contribution in [3.63, 3.8) is 0 Å². The first-order valence-corrected chi connectivity index (χ1v) is 7.76. The van der Waals surface area contributed by atoms with E-state index >= 15 is 0 Å². The Labute approximate surface area is 113 Å². The van der Waals surface area contributed by atoms with E-state index < -0.39 is 7.60 Å². The van der Waals surface area contributed by atoms with Gasteiger partial charge in [0.2, 0.25) is 0 Å². The molecule has 100 valence electrons. The molecule has 2 aromatic rings. The maximum absolute atomic E-state index is 12.2. The normalized spacial score (nSPS) is 14.1. The highest BCUT2D eigenvalue weighted by Crippen LogP contribution is 2.43. The molecule has 1 N–H and O–H groups in total. The third kappa shape index (κ3) is 3.13. The van der Waals surface area contributed by atoms with E-state index in [4.69, 9.17) is 4.52 Å². The minimum Gasteiger partial charge on any atom is -0.321 e. The Bertz CT molecular complexity index is 605. The van der Waals surface area contributed by atoms with Gasteiger partial charge in [0, 0.05) is 0 Å². The Balaban J connectivity index is 2.53. The molecule has 2 aromatic carbocycles. The fourth-order valence-corrected chi connectivity index (χ4v) is 3.21. The van der Waals surface area contributed by atoms with Crippen LogP contribution in [0.3, 0.4) is 0 Å². The van der Waals surface area contributed by atoms with Crippen LogP contribution in [0, 0.1) is 6.92 Å². The Morgan fingerprint density at radius 1 is 1.11 bits per heavy atom. The van der Waals surface area contributed by atoms with E-state index in [0.717, 1.165) is 16.7 Å². The van der Waals surface area contributed by atoms with E-state index in [-0.39, 0.29) is 6.61 Å². The quantitative estimate of drug-likeness (QED) is 0.869. The zero-order valence-corrected chi connectivity index (χ0v) is 11.9. The second kappa shape index (κ2) is 5.70. The summed E-state index contributed by atoms with van der Waals surface area (Å²) in [4.78, 5) is 10.0. The molecule has 3 nitrogen and oxygen atoms in total. The van der Waals surface area contributed by atoms with Crippen molar-refractivity contribution in [2.24, 2.45) is 0 Å². The molecule has 0 heterocycles. The van der Waals surface area contributed by atoms with E-state index in [1.165, 1.54) is 0 Å². The molecule has 0 aliphatic carbocycles. The van der Waals surface area contributed by atoms with Crippen LogP contribution in [0.15, 0.2) is 48.5 Å². The average Bonchev–Trinajstić information content (AvgIpc) is 2.39. The molecule has 2 rings (SSSR count). The molecule has 0 fully saturated rings. The standard InChI is InChI=1S/C15H17O3P/c1-3-18-19(16,17)15-7-5-4-6-14(15)13-10-8-12(2)9-11-13/h4-11H,3H2,1-2H3,(H,16,17). The van der Waals surface area contributed by atoms with Crippen LogP contribution in [0.4, 0.5) is 0 Å². The van der Waals surface area contributed by atoms with Crippen molar-refractivity contribution in [1.82, 2.24) is 0 Å². The molecular formula is C15H17O3P. The fraction of sp³-hybridized carbons (Fsp3) is 0.200. The number of hydrogen-bond acceptors (Lipinski definition) is 2. The summed E-state index contributed by atoms with van der Waals surface area (Å²) in [6.07, 6.45) is 0. The lowest BCUT2D eigenvalue weighted by molar-refractivity contribution is 0.284. The van der Waals surface area contributed by atoms with Gasteiger partial charge in [-0.15, -0.1) is 0 Å². The van der Waals surface area contributed by atoms with E-state index in [1.807, 2.05) is 43.3 Å². The van der Waals surface area contributed by atoms with Crippen LogP contribution in [0.2, 0.25) is 0 Å². The lowest BCUT2D eigenvalue weighted by atomic mass is 10.0. The van der Waals surface area contributed by atoms with Crippen molar-refractivity contribution >= 4 is 12.9 Å². The first-order chi connectivity index (χ1) is 9.04. The molecular weight excluding hydrogens is 259 g/mol. The second-order valence-corrected chi connectivity index (χ2v) is 6.10. The maximum atomic E-state index is 12.2. The van der Waals surface area contributed by atoms with Crippen LogP contribution >= 0.6 is 7.60 Å². The van der Waals surface area contributed by atoms with Gasteiger partial charge in [-0.3, -0.25) is 4.57 Å². The van der Waals surface area contributed by atoms with Gasteiger partial charge in [0.25, 0.3) is 0 Å². The molecule has 0 aromatic heterocycles. The Hall–Kier alpha value is -1.41. The average molecular weight is 276 g/mol. The van der Waals surface area contributed by atoms with E-state index in [1.54, 1.807) is 19.1 Å². The van der Waals surface area contributed by atoms with Crippen LogP contribution in [-0.2, 0) is 9.09 Å². The summed E-state index contributed by atoms with van der Waals surface area (Å²) in [7, 11) is -3.76. The Morgan fingerprint density at radius 3 is 2.37 bits per heavy atom. The van der Waals surface area contributed by atoms with Gasteiger partial charge in [-0.1, -0.05) is 48.0 Å². The molecule has 0 radical (unpaired) electrons. The number of aryl methyl sites for hydroxylation is 1. The lowest BCUT2D eigenvalue weighted by Crippen LogP contribution is -2.10. The molecule has 1 unspecified atom stereocenters.